The van der Waals surface area contributed by atoms with Crippen LogP contribution < -0.4 is 5.14 Å². The summed E-state index contributed by atoms with van der Waals surface area (Å²) < 4.78 is 29.7. The van der Waals surface area contributed by atoms with E-state index < -0.39 is 10.0 Å². The van der Waals surface area contributed by atoms with Gasteiger partial charge < -0.3 is 14.2 Å². The normalized spacial score (nSPS) is 23.3. The number of likely N-dealkylation sites (tertiary alicyclic amines) is 1. The standard InChI is InChI=1S/C13H21N3O4S/c1-13(20-3)5-4-6-16(9-13)12(17)11-7-10(8-15(11)2)21(14,18)19/h7-8H,4-6,9H2,1-3H3,(H2,14,18,19). The summed E-state index contributed by atoms with van der Waals surface area (Å²) in [6, 6.07) is 1.32. The fourth-order valence-corrected chi connectivity index (χ4v) is 3.19. The number of aromatic nitrogens is 1. The molecule has 2 N–H and O–H groups in total. The lowest BCUT2D eigenvalue weighted by molar-refractivity contribution is -0.0442. The van der Waals surface area contributed by atoms with Crippen LogP contribution in [0.4, 0.5) is 0 Å². The molecular formula is C13H21N3O4S. The van der Waals surface area contributed by atoms with E-state index in [9.17, 15) is 13.2 Å². The second-order valence-corrected chi connectivity index (χ2v) is 7.26. The topological polar surface area (TPSA) is 94.6 Å². The summed E-state index contributed by atoms with van der Waals surface area (Å²) in [4.78, 5) is 14.2. The Kier molecular flexibility index (Phi) is 4.14. The first kappa shape index (κ1) is 16.0. The number of carbonyl (C=O) groups is 1. The van der Waals surface area contributed by atoms with Crippen LogP contribution in [0.15, 0.2) is 17.2 Å². The van der Waals surface area contributed by atoms with Gasteiger partial charge in [-0.1, -0.05) is 0 Å². The van der Waals surface area contributed by atoms with Gasteiger partial charge in [-0.05, 0) is 25.8 Å². The van der Waals surface area contributed by atoms with E-state index in [-0.39, 0.29) is 16.4 Å². The summed E-state index contributed by atoms with van der Waals surface area (Å²) in [6.45, 7) is 3.08. The van der Waals surface area contributed by atoms with Crippen LogP contribution in [0.1, 0.15) is 30.3 Å². The van der Waals surface area contributed by atoms with Crippen molar-refractivity contribution in [3.63, 3.8) is 0 Å². The van der Waals surface area contributed by atoms with Gasteiger partial charge in [0.2, 0.25) is 10.0 Å². The maximum absolute atomic E-state index is 12.6. The summed E-state index contributed by atoms with van der Waals surface area (Å²) >= 11 is 0. The van der Waals surface area contributed by atoms with Crippen molar-refractivity contribution >= 4 is 15.9 Å². The van der Waals surface area contributed by atoms with Crippen molar-refractivity contribution in [2.45, 2.75) is 30.3 Å². The molecule has 1 atom stereocenters. The van der Waals surface area contributed by atoms with Gasteiger partial charge in [-0.3, -0.25) is 4.79 Å². The molecule has 0 aliphatic carbocycles. The first-order valence-corrected chi connectivity index (χ1v) is 8.24. The fraction of sp³-hybridized carbons (Fsp3) is 0.615. The molecule has 0 saturated carbocycles. The molecule has 0 bridgehead atoms. The number of rotatable bonds is 3. The molecule has 1 fully saturated rings. The highest BCUT2D eigenvalue weighted by Gasteiger charge is 2.34. The van der Waals surface area contributed by atoms with Crippen molar-refractivity contribution in [1.82, 2.24) is 9.47 Å². The van der Waals surface area contributed by atoms with E-state index in [1.165, 1.54) is 16.8 Å². The maximum Gasteiger partial charge on any atom is 0.270 e. The highest BCUT2D eigenvalue weighted by atomic mass is 32.2. The number of sulfonamides is 1. The van der Waals surface area contributed by atoms with E-state index in [4.69, 9.17) is 9.88 Å². The SMILES string of the molecule is COC1(C)CCCN(C(=O)c2cc(S(N)(=O)=O)cn2C)C1. The average Bonchev–Trinajstić information content (AvgIpc) is 2.80. The summed E-state index contributed by atoms with van der Waals surface area (Å²) in [7, 11) is -0.552. The van der Waals surface area contributed by atoms with Gasteiger partial charge >= 0.3 is 0 Å². The minimum Gasteiger partial charge on any atom is -0.377 e. The Bertz CT molecular complexity index is 652. The zero-order valence-electron chi connectivity index (χ0n) is 12.5. The van der Waals surface area contributed by atoms with Crippen LogP contribution in [0.25, 0.3) is 0 Å². The minimum atomic E-state index is -3.81. The molecule has 21 heavy (non-hydrogen) atoms. The Morgan fingerprint density at radius 1 is 1.48 bits per heavy atom. The van der Waals surface area contributed by atoms with E-state index in [1.54, 1.807) is 19.1 Å². The molecular weight excluding hydrogens is 294 g/mol. The molecule has 2 rings (SSSR count). The van der Waals surface area contributed by atoms with E-state index >= 15 is 0 Å². The highest BCUT2D eigenvalue weighted by molar-refractivity contribution is 7.89. The monoisotopic (exact) mass is 315 g/mol. The van der Waals surface area contributed by atoms with E-state index in [1.807, 2.05) is 6.92 Å². The number of methoxy groups -OCH3 is 1. The summed E-state index contributed by atoms with van der Waals surface area (Å²) in [5.41, 5.74) is -0.0543. The number of hydrogen-bond acceptors (Lipinski definition) is 4. The number of ether oxygens (including phenoxy) is 1. The second-order valence-electron chi connectivity index (χ2n) is 5.70. The Morgan fingerprint density at radius 3 is 2.67 bits per heavy atom. The number of nitrogens with two attached hydrogens (primary N) is 1. The molecule has 1 aliphatic rings. The van der Waals surface area contributed by atoms with Crippen LogP contribution in [0.5, 0.6) is 0 Å². The Labute approximate surface area is 124 Å². The molecule has 0 radical (unpaired) electrons. The van der Waals surface area contributed by atoms with Crippen molar-refractivity contribution in [1.29, 1.82) is 0 Å². The molecule has 8 heteroatoms. The number of aryl methyl sites for hydroxylation is 1. The molecule has 7 nitrogen and oxygen atoms in total. The van der Waals surface area contributed by atoms with Crippen LogP contribution in [0.2, 0.25) is 0 Å². The third-order valence-corrected chi connectivity index (χ3v) is 4.85. The lowest BCUT2D eigenvalue weighted by atomic mass is 9.94. The Balaban J connectivity index is 2.26. The van der Waals surface area contributed by atoms with E-state index in [0.29, 0.717) is 18.8 Å². The summed E-state index contributed by atoms with van der Waals surface area (Å²) in [6.07, 6.45) is 3.09. The molecule has 1 aromatic rings. The van der Waals surface area contributed by atoms with Gasteiger partial charge in [0.15, 0.2) is 0 Å². The van der Waals surface area contributed by atoms with Crippen molar-refractivity contribution in [3.05, 3.63) is 18.0 Å². The molecule has 0 aromatic carbocycles. The molecule has 1 aromatic heterocycles. The molecule has 118 valence electrons. The number of hydrogen-bond donors (Lipinski definition) is 1. The summed E-state index contributed by atoms with van der Waals surface area (Å²) in [5, 5.41) is 5.10. The molecule has 0 spiro atoms. The second kappa shape index (κ2) is 5.43. The molecule has 1 aliphatic heterocycles. The van der Waals surface area contributed by atoms with Crippen molar-refractivity contribution in [3.8, 4) is 0 Å². The Hall–Kier alpha value is -1.38. The van der Waals surface area contributed by atoms with Crippen LogP contribution in [0.3, 0.4) is 0 Å². The highest BCUT2D eigenvalue weighted by Crippen LogP contribution is 2.25. The van der Waals surface area contributed by atoms with Crippen molar-refractivity contribution in [2.75, 3.05) is 20.2 Å². The zero-order chi connectivity index (χ0) is 15.8. The predicted molar refractivity (Wildman–Crippen MR) is 77.3 cm³/mol. The largest absolute Gasteiger partial charge is 0.377 e. The van der Waals surface area contributed by atoms with Gasteiger partial charge in [0.1, 0.15) is 10.6 Å². The molecule has 1 amide bonds. The number of piperidine rings is 1. The number of primary sulfonamides is 1. The average molecular weight is 315 g/mol. The smallest absolute Gasteiger partial charge is 0.270 e. The Morgan fingerprint density at radius 2 is 2.14 bits per heavy atom. The van der Waals surface area contributed by atoms with Gasteiger partial charge in [-0.15, -0.1) is 0 Å². The van der Waals surface area contributed by atoms with Crippen LogP contribution >= 0.6 is 0 Å². The minimum absolute atomic E-state index is 0.0557. The maximum atomic E-state index is 12.6. The van der Waals surface area contributed by atoms with Crippen LogP contribution in [-0.2, 0) is 21.8 Å². The third kappa shape index (κ3) is 3.28. The lowest BCUT2D eigenvalue weighted by Gasteiger charge is -2.39. The summed E-state index contributed by atoms with van der Waals surface area (Å²) in [5.74, 6) is -0.213. The third-order valence-electron chi connectivity index (χ3n) is 3.97. The quantitative estimate of drug-likeness (QED) is 0.868. The number of nitrogens with zero attached hydrogens (tertiary/aromatic N) is 2. The first-order valence-electron chi connectivity index (χ1n) is 6.70. The van der Waals surface area contributed by atoms with Crippen molar-refractivity contribution < 1.29 is 17.9 Å². The number of amides is 1. The molecule has 2 heterocycles. The van der Waals surface area contributed by atoms with Gasteiger partial charge in [-0.2, -0.15) is 0 Å². The van der Waals surface area contributed by atoms with Gasteiger partial charge in [0.05, 0.1) is 5.60 Å². The lowest BCUT2D eigenvalue weighted by Crippen LogP contribution is -2.49. The van der Waals surface area contributed by atoms with Crippen LogP contribution in [0, 0.1) is 0 Å². The van der Waals surface area contributed by atoms with Crippen molar-refractivity contribution in [2.24, 2.45) is 12.2 Å². The predicted octanol–water partition coefficient (Wildman–Crippen LogP) is 0.314. The number of carbonyl (C=O) groups excluding carboxylic acids is 1. The van der Waals surface area contributed by atoms with E-state index in [0.717, 1.165) is 12.8 Å². The van der Waals surface area contributed by atoms with Gasteiger partial charge in [0, 0.05) is 33.4 Å². The first-order chi connectivity index (χ1) is 9.66. The molecule has 1 unspecified atom stereocenters. The van der Waals surface area contributed by atoms with Crippen LogP contribution in [-0.4, -0.2) is 49.6 Å². The zero-order valence-corrected chi connectivity index (χ0v) is 13.3. The molecule has 1 saturated heterocycles. The van der Waals surface area contributed by atoms with Gasteiger partial charge in [-0.25, -0.2) is 13.6 Å². The van der Waals surface area contributed by atoms with Gasteiger partial charge in [0.25, 0.3) is 5.91 Å². The fourth-order valence-electron chi connectivity index (χ4n) is 2.61. The van der Waals surface area contributed by atoms with E-state index in [2.05, 4.69) is 0 Å².